The van der Waals surface area contributed by atoms with Crippen LogP contribution in [0.1, 0.15) is 5.69 Å². The molecule has 5 nitrogen and oxygen atoms in total. The Balaban J connectivity index is 2.10. The summed E-state index contributed by atoms with van der Waals surface area (Å²) in [5.41, 5.74) is 9.81. The van der Waals surface area contributed by atoms with Crippen LogP contribution in [0.4, 0.5) is 4.39 Å². The molecule has 6 heteroatoms. The quantitative estimate of drug-likeness (QED) is 0.799. The molecule has 3 aromatic rings. The Morgan fingerprint density at radius 3 is 2.57 bits per heavy atom. The molecule has 2 N–H and O–H groups in total. The summed E-state index contributed by atoms with van der Waals surface area (Å²) >= 11 is 0. The molecule has 0 saturated carbocycles. The van der Waals surface area contributed by atoms with E-state index in [2.05, 4.69) is 15.3 Å². The smallest absolute Gasteiger partial charge is 0.123 e. The second kappa shape index (κ2) is 5.41. The van der Waals surface area contributed by atoms with Crippen LogP contribution in [-0.2, 0) is 13.6 Å². The van der Waals surface area contributed by atoms with Crippen molar-refractivity contribution in [2.24, 2.45) is 12.8 Å². The highest BCUT2D eigenvalue weighted by Crippen LogP contribution is 2.26. The summed E-state index contributed by atoms with van der Waals surface area (Å²) in [6.45, 7) is 0.315. The minimum atomic E-state index is -0.264. The van der Waals surface area contributed by atoms with Crippen molar-refractivity contribution in [2.45, 2.75) is 6.54 Å². The molecule has 0 aliphatic carbocycles. The van der Waals surface area contributed by atoms with Crippen LogP contribution in [0.3, 0.4) is 0 Å². The average molecular weight is 283 g/mol. The third-order valence-corrected chi connectivity index (χ3v) is 3.22. The second-order valence-electron chi connectivity index (χ2n) is 4.71. The summed E-state index contributed by atoms with van der Waals surface area (Å²) in [6, 6.07) is 8.23. The Morgan fingerprint density at radius 1 is 1.19 bits per heavy atom. The van der Waals surface area contributed by atoms with Gasteiger partial charge in [0.1, 0.15) is 11.5 Å². The third kappa shape index (κ3) is 2.66. The molecule has 21 heavy (non-hydrogen) atoms. The van der Waals surface area contributed by atoms with Crippen molar-refractivity contribution in [3.63, 3.8) is 0 Å². The van der Waals surface area contributed by atoms with Gasteiger partial charge in [0.2, 0.25) is 0 Å². The maximum absolute atomic E-state index is 13.0. The molecule has 0 saturated heterocycles. The molecular formula is C15H14FN5. The first-order valence-electron chi connectivity index (χ1n) is 6.49. The minimum absolute atomic E-state index is 0.264. The zero-order valence-corrected chi connectivity index (χ0v) is 11.5. The lowest BCUT2D eigenvalue weighted by Crippen LogP contribution is -2.02. The monoisotopic (exact) mass is 283 g/mol. The molecule has 0 aliphatic heterocycles. The van der Waals surface area contributed by atoms with Crippen LogP contribution in [0.2, 0.25) is 0 Å². The molecule has 0 spiro atoms. The summed E-state index contributed by atoms with van der Waals surface area (Å²) in [7, 11) is 1.80. The van der Waals surface area contributed by atoms with E-state index in [0.717, 1.165) is 28.1 Å². The van der Waals surface area contributed by atoms with Crippen LogP contribution >= 0.6 is 0 Å². The van der Waals surface area contributed by atoms with Gasteiger partial charge in [-0.25, -0.2) is 4.39 Å². The number of nitrogens with two attached hydrogens (primary N) is 1. The Labute approximate surface area is 121 Å². The van der Waals surface area contributed by atoms with Crippen molar-refractivity contribution in [3.8, 4) is 22.4 Å². The van der Waals surface area contributed by atoms with Gasteiger partial charge in [-0.05, 0) is 23.8 Å². The zero-order chi connectivity index (χ0) is 14.8. The van der Waals surface area contributed by atoms with Crippen molar-refractivity contribution in [1.82, 2.24) is 20.0 Å². The molecule has 1 aromatic carbocycles. The number of aryl methyl sites for hydroxylation is 1. The minimum Gasteiger partial charge on any atom is -0.325 e. The predicted octanol–water partition coefficient (Wildman–Crippen LogP) is 2.14. The van der Waals surface area contributed by atoms with E-state index in [1.54, 1.807) is 30.1 Å². The molecule has 106 valence electrons. The standard InChI is InChI=1S/C15H14FN5/c1-21-9-15(19-20-21)13-6-11(8-18-14(13)7-17)10-2-4-12(16)5-3-10/h2-6,8-9H,7,17H2,1H3. The van der Waals surface area contributed by atoms with Gasteiger partial charge in [-0.1, -0.05) is 17.3 Å². The van der Waals surface area contributed by atoms with E-state index in [-0.39, 0.29) is 5.82 Å². The van der Waals surface area contributed by atoms with Crippen molar-refractivity contribution in [1.29, 1.82) is 0 Å². The van der Waals surface area contributed by atoms with Gasteiger partial charge in [0, 0.05) is 30.9 Å². The van der Waals surface area contributed by atoms with Crippen molar-refractivity contribution >= 4 is 0 Å². The number of halogens is 1. The zero-order valence-electron chi connectivity index (χ0n) is 11.5. The first-order valence-corrected chi connectivity index (χ1v) is 6.49. The Hall–Kier alpha value is -2.60. The molecule has 0 radical (unpaired) electrons. The summed E-state index contributed by atoms with van der Waals surface area (Å²) in [6.07, 6.45) is 3.54. The fourth-order valence-electron chi connectivity index (χ4n) is 2.15. The fraction of sp³-hybridized carbons (Fsp3) is 0.133. The average Bonchev–Trinajstić information content (AvgIpc) is 2.94. The van der Waals surface area contributed by atoms with Gasteiger partial charge in [-0.3, -0.25) is 9.67 Å². The van der Waals surface area contributed by atoms with Gasteiger partial charge in [-0.15, -0.1) is 5.10 Å². The maximum atomic E-state index is 13.0. The molecule has 2 heterocycles. The van der Waals surface area contributed by atoms with Crippen molar-refractivity contribution in [3.05, 3.63) is 54.2 Å². The SMILES string of the molecule is Cn1cc(-c2cc(-c3ccc(F)cc3)cnc2CN)nn1. The van der Waals surface area contributed by atoms with Crippen LogP contribution in [0, 0.1) is 5.82 Å². The second-order valence-corrected chi connectivity index (χ2v) is 4.71. The van der Waals surface area contributed by atoms with Gasteiger partial charge in [0.05, 0.1) is 11.9 Å². The van der Waals surface area contributed by atoms with Crippen LogP contribution in [0.5, 0.6) is 0 Å². The van der Waals surface area contributed by atoms with Gasteiger partial charge in [-0.2, -0.15) is 0 Å². The van der Waals surface area contributed by atoms with Crippen LogP contribution < -0.4 is 5.73 Å². The van der Waals surface area contributed by atoms with E-state index in [1.165, 1.54) is 12.1 Å². The number of hydrogen-bond donors (Lipinski definition) is 1. The molecule has 0 fully saturated rings. The van der Waals surface area contributed by atoms with Crippen LogP contribution in [-0.4, -0.2) is 20.0 Å². The number of benzene rings is 1. The Morgan fingerprint density at radius 2 is 1.95 bits per heavy atom. The van der Waals surface area contributed by atoms with E-state index in [1.807, 2.05) is 12.3 Å². The summed E-state index contributed by atoms with van der Waals surface area (Å²) in [5, 5.41) is 8.03. The molecular weight excluding hydrogens is 269 g/mol. The third-order valence-electron chi connectivity index (χ3n) is 3.22. The summed E-state index contributed by atoms with van der Waals surface area (Å²) in [5.74, 6) is -0.264. The van der Waals surface area contributed by atoms with Gasteiger partial charge < -0.3 is 5.73 Å². The number of rotatable bonds is 3. The van der Waals surface area contributed by atoms with Gasteiger partial charge >= 0.3 is 0 Å². The summed E-state index contributed by atoms with van der Waals surface area (Å²) < 4.78 is 14.6. The van der Waals surface area contributed by atoms with E-state index in [0.29, 0.717) is 6.54 Å². The molecule has 0 atom stereocenters. The van der Waals surface area contributed by atoms with Gasteiger partial charge in [0.15, 0.2) is 0 Å². The Kier molecular flexibility index (Phi) is 3.45. The lowest BCUT2D eigenvalue weighted by atomic mass is 10.0. The number of nitrogens with zero attached hydrogens (tertiary/aromatic N) is 4. The molecule has 0 bridgehead atoms. The fourth-order valence-corrected chi connectivity index (χ4v) is 2.15. The van der Waals surface area contributed by atoms with E-state index in [4.69, 9.17) is 5.73 Å². The molecule has 0 unspecified atom stereocenters. The first-order chi connectivity index (χ1) is 10.2. The lowest BCUT2D eigenvalue weighted by molar-refractivity contribution is 0.628. The molecule has 0 aliphatic rings. The highest BCUT2D eigenvalue weighted by atomic mass is 19.1. The Bertz CT molecular complexity index is 764. The normalized spacial score (nSPS) is 10.8. The van der Waals surface area contributed by atoms with E-state index >= 15 is 0 Å². The topological polar surface area (TPSA) is 69.6 Å². The highest BCUT2D eigenvalue weighted by Gasteiger charge is 2.11. The van der Waals surface area contributed by atoms with Crippen molar-refractivity contribution in [2.75, 3.05) is 0 Å². The van der Waals surface area contributed by atoms with Crippen molar-refractivity contribution < 1.29 is 4.39 Å². The van der Waals surface area contributed by atoms with E-state index < -0.39 is 0 Å². The number of aromatic nitrogens is 4. The summed E-state index contributed by atoms with van der Waals surface area (Å²) in [4.78, 5) is 4.39. The molecule has 3 rings (SSSR count). The number of hydrogen-bond acceptors (Lipinski definition) is 4. The molecule has 0 amide bonds. The number of pyridine rings is 1. The maximum Gasteiger partial charge on any atom is 0.123 e. The lowest BCUT2D eigenvalue weighted by Gasteiger charge is -2.08. The highest BCUT2D eigenvalue weighted by molar-refractivity contribution is 5.71. The molecule has 2 aromatic heterocycles. The first kappa shape index (κ1) is 13.4. The van der Waals surface area contributed by atoms with E-state index in [9.17, 15) is 4.39 Å². The largest absolute Gasteiger partial charge is 0.325 e. The van der Waals surface area contributed by atoms with Crippen LogP contribution in [0.15, 0.2) is 42.7 Å². The van der Waals surface area contributed by atoms with Crippen LogP contribution in [0.25, 0.3) is 22.4 Å². The van der Waals surface area contributed by atoms with Gasteiger partial charge in [0.25, 0.3) is 0 Å². The predicted molar refractivity (Wildman–Crippen MR) is 77.5 cm³/mol.